The number of carbonyl (C=O) groups excluding carboxylic acids is 1. The number of aryl methyl sites for hydroxylation is 1. The molecule has 4 rings (SSSR count). The van der Waals surface area contributed by atoms with E-state index in [4.69, 9.17) is 27.9 Å². The molecule has 0 saturated carbocycles. The summed E-state index contributed by atoms with van der Waals surface area (Å²) in [5, 5.41) is 8.14. The molecule has 0 fully saturated rings. The summed E-state index contributed by atoms with van der Waals surface area (Å²) in [5.74, 6) is 0.183. The molecule has 0 atom stereocenters. The summed E-state index contributed by atoms with van der Waals surface area (Å²) >= 11 is 12.3. The number of rotatable bonds is 5. The molecule has 0 aliphatic heterocycles. The van der Waals surface area contributed by atoms with Crippen LogP contribution in [-0.2, 0) is 0 Å². The number of aromatic nitrogens is 2. The van der Waals surface area contributed by atoms with Gasteiger partial charge in [0.05, 0.1) is 28.9 Å². The molecule has 0 saturated heterocycles. The first-order valence-electron chi connectivity index (χ1n) is 10.00. The van der Waals surface area contributed by atoms with Crippen LogP contribution < -0.4 is 15.5 Å². The van der Waals surface area contributed by atoms with Crippen molar-refractivity contribution in [3.8, 4) is 22.6 Å². The molecule has 0 aliphatic rings. The lowest BCUT2D eigenvalue weighted by atomic mass is 10.0. The van der Waals surface area contributed by atoms with Crippen LogP contribution in [0.25, 0.3) is 16.8 Å². The number of hydrogen-bond donors (Lipinski definition) is 1. The number of hydrogen-bond acceptors (Lipinski definition) is 4. The van der Waals surface area contributed by atoms with Gasteiger partial charge < -0.3 is 10.1 Å². The Morgan fingerprint density at radius 1 is 0.970 bits per heavy atom. The van der Waals surface area contributed by atoms with Crippen LogP contribution in [0.2, 0.25) is 10.0 Å². The molecule has 1 aromatic heterocycles. The zero-order valence-electron chi connectivity index (χ0n) is 17.8. The molecule has 166 valence electrons. The molecule has 1 heterocycles. The number of nitrogens with one attached hydrogen (secondary N) is 1. The van der Waals surface area contributed by atoms with Crippen LogP contribution in [0.5, 0.6) is 5.75 Å². The van der Waals surface area contributed by atoms with Gasteiger partial charge in [0.15, 0.2) is 0 Å². The van der Waals surface area contributed by atoms with Crippen molar-refractivity contribution in [3.05, 3.63) is 104 Å². The summed E-state index contributed by atoms with van der Waals surface area (Å²) in [6.45, 7) is 1.62. The highest BCUT2D eigenvalue weighted by atomic mass is 35.5. The lowest BCUT2D eigenvalue weighted by molar-refractivity contribution is 0.102. The van der Waals surface area contributed by atoms with E-state index in [-0.39, 0.29) is 33.1 Å². The fraction of sp³-hybridized carbons (Fsp3) is 0.0800. The monoisotopic (exact) mass is 479 g/mol. The number of halogens is 2. The Balaban J connectivity index is 2.01. The Labute approximate surface area is 200 Å². The van der Waals surface area contributed by atoms with Gasteiger partial charge in [-0.1, -0.05) is 53.5 Å². The minimum absolute atomic E-state index is 0.183. The van der Waals surface area contributed by atoms with Crippen molar-refractivity contribution >= 4 is 34.9 Å². The fourth-order valence-corrected chi connectivity index (χ4v) is 3.79. The van der Waals surface area contributed by atoms with Crippen LogP contribution in [0.4, 0.5) is 5.82 Å². The van der Waals surface area contributed by atoms with Crippen LogP contribution in [0.3, 0.4) is 0 Å². The first-order valence-corrected chi connectivity index (χ1v) is 10.8. The molecule has 0 unspecified atom stereocenters. The highest BCUT2D eigenvalue weighted by Gasteiger charge is 2.23. The van der Waals surface area contributed by atoms with Crippen molar-refractivity contribution < 1.29 is 9.53 Å². The Bertz CT molecular complexity index is 1400. The van der Waals surface area contributed by atoms with Gasteiger partial charge in [-0.3, -0.25) is 9.59 Å². The summed E-state index contributed by atoms with van der Waals surface area (Å²) in [6, 6.07) is 20.7. The van der Waals surface area contributed by atoms with E-state index >= 15 is 0 Å². The van der Waals surface area contributed by atoms with Crippen molar-refractivity contribution in [2.45, 2.75) is 6.92 Å². The van der Waals surface area contributed by atoms with Gasteiger partial charge in [0.25, 0.3) is 5.91 Å². The van der Waals surface area contributed by atoms with Crippen molar-refractivity contribution in [2.75, 3.05) is 12.4 Å². The average Bonchev–Trinajstić information content (AvgIpc) is 2.82. The zero-order valence-corrected chi connectivity index (χ0v) is 19.3. The van der Waals surface area contributed by atoms with Gasteiger partial charge in [-0.15, -0.1) is 0 Å². The molecular weight excluding hydrogens is 461 g/mol. The molecule has 0 aliphatic carbocycles. The first-order chi connectivity index (χ1) is 15.9. The highest BCUT2D eigenvalue weighted by Crippen LogP contribution is 2.34. The quantitative estimate of drug-likeness (QED) is 0.393. The smallest absolute Gasteiger partial charge is 0.258 e. The van der Waals surface area contributed by atoms with E-state index in [1.165, 1.54) is 11.8 Å². The molecule has 8 heteroatoms. The predicted molar refractivity (Wildman–Crippen MR) is 131 cm³/mol. The van der Waals surface area contributed by atoms with E-state index < -0.39 is 5.91 Å². The third kappa shape index (κ3) is 4.49. The second-order valence-electron chi connectivity index (χ2n) is 7.16. The second kappa shape index (κ2) is 9.48. The van der Waals surface area contributed by atoms with Crippen LogP contribution in [0, 0.1) is 6.92 Å². The number of nitrogens with zero attached hydrogens (tertiary/aromatic N) is 2. The highest BCUT2D eigenvalue weighted by molar-refractivity contribution is 6.34. The molecule has 1 amide bonds. The van der Waals surface area contributed by atoms with E-state index in [0.717, 1.165) is 0 Å². The number of anilines is 1. The summed E-state index contributed by atoms with van der Waals surface area (Å²) in [5.41, 5.74) is 1.55. The largest absolute Gasteiger partial charge is 0.496 e. The number of benzene rings is 3. The van der Waals surface area contributed by atoms with E-state index in [2.05, 4.69) is 10.4 Å². The van der Waals surface area contributed by atoms with Crippen LogP contribution >= 0.6 is 23.2 Å². The minimum atomic E-state index is -0.482. The lowest BCUT2D eigenvalue weighted by Crippen LogP contribution is -2.25. The normalized spacial score (nSPS) is 10.7. The maximum atomic E-state index is 13.4. The summed E-state index contributed by atoms with van der Waals surface area (Å²) < 4.78 is 7.00. The van der Waals surface area contributed by atoms with Crippen molar-refractivity contribution in [2.24, 2.45) is 0 Å². The summed E-state index contributed by atoms with van der Waals surface area (Å²) in [6.07, 6.45) is 0. The molecule has 1 N–H and O–H groups in total. The van der Waals surface area contributed by atoms with Gasteiger partial charge in [0.1, 0.15) is 17.3 Å². The van der Waals surface area contributed by atoms with Crippen molar-refractivity contribution in [1.82, 2.24) is 9.78 Å². The van der Waals surface area contributed by atoms with E-state index in [0.29, 0.717) is 22.0 Å². The Morgan fingerprint density at radius 2 is 1.64 bits per heavy atom. The fourth-order valence-electron chi connectivity index (χ4n) is 3.45. The topological polar surface area (TPSA) is 73.2 Å². The van der Waals surface area contributed by atoms with E-state index in [1.54, 1.807) is 79.7 Å². The van der Waals surface area contributed by atoms with Gasteiger partial charge >= 0.3 is 0 Å². The minimum Gasteiger partial charge on any atom is -0.496 e. The third-order valence-corrected chi connectivity index (χ3v) is 5.63. The van der Waals surface area contributed by atoms with Crippen LogP contribution in [-0.4, -0.2) is 22.8 Å². The molecule has 33 heavy (non-hydrogen) atoms. The number of amides is 1. The van der Waals surface area contributed by atoms with Crippen molar-refractivity contribution in [1.29, 1.82) is 0 Å². The van der Waals surface area contributed by atoms with Crippen LogP contribution in [0.15, 0.2) is 77.6 Å². The van der Waals surface area contributed by atoms with E-state index in [1.807, 2.05) is 0 Å². The Morgan fingerprint density at radius 3 is 2.33 bits per heavy atom. The molecule has 6 nitrogen and oxygen atoms in total. The molecule has 3 aromatic carbocycles. The van der Waals surface area contributed by atoms with Gasteiger partial charge in [0.2, 0.25) is 5.43 Å². The zero-order chi connectivity index (χ0) is 23.5. The summed E-state index contributed by atoms with van der Waals surface area (Å²) in [7, 11) is 1.52. The standard InChI is InChI=1S/C25H19Cl2N3O3/c1-15-23(31)22(19-8-4-6-10-21(19)33-2)24(28-25(32)18-7-3-5-9-20(18)27)30(29-15)17-13-11-16(26)12-14-17/h3-14H,1-2H3,(H,28,32). The number of para-hydroxylation sites is 1. The van der Waals surface area contributed by atoms with E-state index in [9.17, 15) is 9.59 Å². The van der Waals surface area contributed by atoms with Gasteiger partial charge in [-0.25, -0.2) is 4.68 Å². The number of methoxy groups -OCH3 is 1. The molecule has 0 spiro atoms. The maximum absolute atomic E-state index is 13.4. The SMILES string of the molecule is COc1ccccc1-c1c(NC(=O)c2ccccc2Cl)n(-c2ccc(Cl)cc2)nc(C)c1=O. The average molecular weight is 480 g/mol. The number of ether oxygens (including phenoxy) is 1. The van der Waals surface area contributed by atoms with Gasteiger partial charge in [-0.2, -0.15) is 5.10 Å². The lowest BCUT2D eigenvalue weighted by Gasteiger charge is -2.19. The second-order valence-corrected chi connectivity index (χ2v) is 8.00. The maximum Gasteiger partial charge on any atom is 0.258 e. The Kier molecular flexibility index (Phi) is 6.49. The predicted octanol–water partition coefficient (Wildman–Crippen LogP) is 5.78. The number of carbonyl (C=O) groups is 1. The Hall–Kier alpha value is -3.61. The molecule has 0 bridgehead atoms. The van der Waals surface area contributed by atoms with Crippen LogP contribution in [0.1, 0.15) is 16.1 Å². The van der Waals surface area contributed by atoms with Crippen molar-refractivity contribution in [3.63, 3.8) is 0 Å². The van der Waals surface area contributed by atoms with Gasteiger partial charge in [0, 0.05) is 10.6 Å². The first kappa shape index (κ1) is 22.6. The third-order valence-electron chi connectivity index (χ3n) is 5.05. The molecule has 4 aromatic rings. The summed E-state index contributed by atoms with van der Waals surface area (Å²) in [4.78, 5) is 26.6. The van der Waals surface area contributed by atoms with Gasteiger partial charge in [-0.05, 0) is 49.4 Å². The molecular formula is C25H19Cl2N3O3. The molecule has 0 radical (unpaired) electrons.